The molecule has 2 nitrogen and oxygen atoms in total. The molecule has 0 N–H and O–H groups in total. The first-order chi connectivity index (χ1) is 15.9. The van der Waals surface area contributed by atoms with Crippen molar-refractivity contribution in [3.05, 3.63) is 64.7 Å². The first kappa shape index (κ1) is 20.7. The van der Waals surface area contributed by atoms with Crippen LogP contribution in [0.3, 0.4) is 0 Å². The lowest BCUT2D eigenvalue weighted by atomic mass is 9.87. The van der Waals surface area contributed by atoms with E-state index in [9.17, 15) is 0 Å². The molecule has 0 spiro atoms. The van der Waals surface area contributed by atoms with E-state index >= 15 is 0 Å². The monoisotopic (exact) mass is 436 g/mol. The van der Waals surface area contributed by atoms with Crippen molar-refractivity contribution in [3.63, 3.8) is 0 Å². The van der Waals surface area contributed by atoms with Crippen molar-refractivity contribution >= 4 is 21.7 Å². The van der Waals surface area contributed by atoms with Crippen molar-refractivity contribution in [2.24, 2.45) is 13.0 Å². The van der Waals surface area contributed by atoms with E-state index in [4.69, 9.17) is 4.74 Å². The van der Waals surface area contributed by atoms with Crippen LogP contribution in [0.5, 0.6) is 11.5 Å². The fourth-order valence-corrected chi connectivity index (χ4v) is 6.35. The number of hydrogen-bond acceptors (Lipinski definition) is 1. The summed E-state index contributed by atoms with van der Waals surface area (Å²) in [4.78, 5) is 0. The summed E-state index contributed by atoms with van der Waals surface area (Å²) in [5, 5.41) is 3.92. The van der Waals surface area contributed by atoms with Gasteiger partial charge in [0.2, 0.25) is 5.52 Å². The minimum Gasteiger partial charge on any atom is -0.450 e. The maximum absolute atomic E-state index is 6.75. The van der Waals surface area contributed by atoms with E-state index in [-0.39, 0.29) is 0 Å². The number of aryl methyl sites for hydroxylation is 2. The molecule has 4 aromatic rings. The second-order valence-electron chi connectivity index (χ2n) is 10.8. The van der Waals surface area contributed by atoms with Crippen molar-refractivity contribution in [3.8, 4) is 22.8 Å². The molecule has 0 saturated heterocycles. The third kappa shape index (κ3) is 3.18. The summed E-state index contributed by atoms with van der Waals surface area (Å²) < 4.78 is 9.14. The molecule has 6 rings (SSSR count). The van der Waals surface area contributed by atoms with E-state index in [2.05, 4.69) is 81.8 Å². The molecular weight excluding hydrogens is 402 g/mol. The highest BCUT2D eigenvalue weighted by atomic mass is 16.5. The average molecular weight is 437 g/mol. The number of hydrogen-bond donors (Lipinski definition) is 0. The molecule has 1 aliphatic carbocycles. The van der Waals surface area contributed by atoms with E-state index in [1.807, 2.05) is 0 Å². The van der Waals surface area contributed by atoms with E-state index in [1.165, 1.54) is 80.9 Å². The Bertz CT molecular complexity index is 1420. The fraction of sp³-hybridized carbons (Fsp3) is 0.387. The first-order valence-corrected chi connectivity index (χ1v) is 12.6. The predicted octanol–water partition coefficient (Wildman–Crippen LogP) is 8.06. The molecule has 2 heteroatoms. The van der Waals surface area contributed by atoms with E-state index in [1.54, 1.807) is 0 Å². The third-order valence-electron chi connectivity index (χ3n) is 8.00. The summed E-state index contributed by atoms with van der Waals surface area (Å²) in [5.74, 6) is 3.31. The Morgan fingerprint density at radius 2 is 1.79 bits per heavy atom. The number of nitrogens with zero attached hydrogens (tertiary/aromatic N) is 1. The molecule has 0 radical (unpaired) electrons. The van der Waals surface area contributed by atoms with E-state index in [0.29, 0.717) is 11.8 Å². The molecule has 1 saturated carbocycles. The van der Waals surface area contributed by atoms with Crippen molar-refractivity contribution < 1.29 is 9.30 Å². The van der Waals surface area contributed by atoms with Gasteiger partial charge in [-0.25, -0.2) is 0 Å². The number of ether oxygens (including phenoxy) is 1. The fourth-order valence-electron chi connectivity index (χ4n) is 6.35. The van der Waals surface area contributed by atoms with E-state index < -0.39 is 0 Å². The number of aromatic nitrogens is 1. The number of fused-ring (bicyclic) bond motifs is 3. The summed E-state index contributed by atoms with van der Waals surface area (Å²) in [6.07, 6.45) is 6.38. The Balaban J connectivity index is 1.66. The molecule has 1 aliphatic heterocycles. The van der Waals surface area contributed by atoms with Crippen molar-refractivity contribution in [1.29, 1.82) is 0 Å². The molecule has 33 heavy (non-hydrogen) atoms. The number of rotatable bonds is 3. The number of benzene rings is 3. The first-order valence-electron chi connectivity index (χ1n) is 12.6. The molecule has 1 aromatic heterocycles. The molecule has 0 unspecified atom stereocenters. The highest BCUT2D eigenvalue weighted by Gasteiger charge is 2.33. The standard InChI is InChI=1S/C31H34NO/c1-18(2)13-21-15-23-14-19(3)20(4)29-30(23)27(16-21)33-28-17-25-24(22-9-6-7-10-22)11-8-12-26(25)32(5)31(28)29/h8,11-12,14-18,22H,6-7,9-10,13H2,1-5H3/q+1. The normalized spacial score (nSPS) is 15.5. The van der Waals surface area contributed by atoms with Gasteiger partial charge in [-0.2, -0.15) is 4.57 Å². The van der Waals surface area contributed by atoms with Gasteiger partial charge in [0.1, 0.15) is 12.8 Å². The molecule has 0 atom stereocenters. The molecular formula is C31H34NO+. The van der Waals surface area contributed by atoms with Gasteiger partial charge in [0, 0.05) is 17.5 Å². The zero-order chi connectivity index (χ0) is 22.9. The van der Waals surface area contributed by atoms with Gasteiger partial charge in [0.25, 0.3) is 5.69 Å². The molecule has 168 valence electrons. The summed E-state index contributed by atoms with van der Waals surface area (Å²) in [6.45, 7) is 9.08. The van der Waals surface area contributed by atoms with Gasteiger partial charge in [0.05, 0.1) is 10.9 Å². The zero-order valence-electron chi connectivity index (χ0n) is 20.6. The topological polar surface area (TPSA) is 13.1 Å². The van der Waals surface area contributed by atoms with Crippen LogP contribution in [-0.2, 0) is 13.5 Å². The van der Waals surface area contributed by atoms with Crippen LogP contribution < -0.4 is 9.30 Å². The van der Waals surface area contributed by atoms with Crippen molar-refractivity contribution in [2.75, 3.05) is 0 Å². The van der Waals surface area contributed by atoms with Gasteiger partial charge >= 0.3 is 0 Å². The second kappa shape index (κ2) is 7.58. The summed E-state index contributed by atoms with van der Waals surface area (Å²) >= 11 is 0. The van der Waals surface area contributed by atoms with Gasteiger partial charge in [0.15, 0.2) is 5.75 Å². The molecule has 2 aliphatic rings. The smallest absolute Gasteiger partial charge is 0.256 e. The average Bonchev–Trinajstić information content (AvgIpc) is 3.30. The summed E-state index contributed by atoms with van der Waals surface area (Å²) in [6, 6.07) is 16.2. The maximum atomic E-state index is 6.75. The van der Waals surface area contributed by atoms with Crippen LogP contribution in [-0.4, -0.2) is 0 Å². The van der Waals surface area contributed by atoms with Crippen LogP contribution >= 0.6 is 0 Å². The molecule has 1 fully saturated rings. The maximum Gasteiger partial charge on any atom is 0.256 e. The highest BCUT2D eigenvalue weighted by molar-refractivity contribution is 6.05. The Morgan fingerprint density at radius 3 is 2.55 bits per heavy atom. The molecule has 0 amide bonds. The lowest BCUT2D eigenvalue weighted by Gasteiger charge is -2.24. The lowest BCUT2D eigenvalue weighted by molar-refractivity contribution is -0.633. The van der Waals surface area contributed by atoms with Gasteiger partial charge in [-0.15, -0.1) is 0 Å². The Kier molecular flexibility index (Phi) is 4.76. The largest absolute Gasteiger partial charge is 0.450 e. The van der Waals surface area contributed by atoms with Crippen molar-refractivity contribution in [1.82, 2.24) is 0 Å². The quantitative estimate of drug-likeness (QED) is 0.261. The third-order valence-corrected chi connectivity index (χ3v) is 8.00. The Labute approximate surface area is 197 Å². The summed E-state index contributed by atoms with van der Waals surface area (Å²) in [7, 11) is 2.22. The Morgan fingerprint density at radius 1 is 1.00 bits per heavy atom. The van der Waals surface area contributed by atoms with Crippen LogP contribution in [0.25, 0.3) is 32.9 Å². The Hall–Kier alpha value is -2.87. The van der Waals surface area contributed by atoms with Crippen LogP contribution in [0.15, 0.2) is 42.5 Å². The van der Waals surface area contributed by atoms with Crippen LogP contribution in [0.2, 0.25) is 0 Å². The SMILES string of the molecule is Cc1cc2cc(CC(C)C)cc3c2c(c1C)-c1c(cc2c(C4CCCC4)cccc2[n+]1C)O3. The molecule has 3 aromatic carbocycles. The van der Waals surface area contributed by atoms with Crippen LogP contribution in [0, 0.1) is 19.8 Å². The van der Waals surface area contributed by atoms with Crippen molar-refractivity contribution in [2.45, 2.75) is 65.7 Å². The summed E-state index contributed by atoms with van der Waals surface area (Å²) in [5.41, 5.74) is 9.41. The van der Waals surface area contributed by atoms with Gasteiger partial charge in [-0.1, -0.05) is 51.0 Å². The lowest BCUT2D eigenvalue weighted by Crippen LogP contribution is -2.34. The van der Waals surface area contributed by atoms with Gasteiger partial charge in [-0.05, 0) is 78.7 Å². The molecule has 0 bridgehead atoms. The van der Waals surface area contributed by atoms with Gasteiger partial charge < -0.3 is 4.74 Å². The van der Waals surface area contributed by atoms with Crippen LogP contribution in [0.4, 0.5) is 0 Å². The molecule has 2 heterocycles. The van der Waals surface area contributed by atoms with Crippen LogP contribution in [0.1, 0.15) is 67.7 Å². The minimum absolute atomic E-state index is 0.618. The number of pyridine rings is 1. The minimum atomic E-state index is 0.618. The predicted molar refractivity (Wildman–Crippen MR) is 137 cm³/mol. The van der Waals surface area contributed by atoms with Gasteiger partial charge in [-0.3, -0.25) is 0 Å². The highest BCUT2D eigenvalue weighted by Crippen LogP contribution is 2.49. The zero-order valence-corrected chi connectivity index (χ0v) is 20.6. The second-order valence-corrected chi connectivity index (χ2v) is 10.8. The van der Waals surface area contributed by atoms with E-state index in [0.717, 1.165) is 17.9 Å².